The maximum Gasteiger partial charge on any atom is 0.306 e. The topological polar surface area (TPSA) is 60.8 Å². The molecule has 1 amide bonds. The highest BCUT2D eigenvalue weighted by Crippen LogP contribution is 2.28. The molecule has 0 spiro atoms. The second kappa shape index (κ2) is 12.7. The first-order valence-electron chi connectivity index (χ1n) is 13.5. The normalized spacial score (nSPS) is 11.4. The van der Waals surface area contributed by atoms with Crippen LogP contribution in [-0.4, -0.2) is 40.5 Å². The predicted octanol–water partition coefficient (Wildman–Crippen LogP) is 6.20. The zero-order valence-corrected chi connectivity index (χ0v) is 23.4. The van der Waals surface area contributed by atoms with Gasteiger partial charge in [0.1, 0.15) is 24.5 Å². The van der Waals surface area contributed by atoms with Crippen LogP contribution in [0.2, 0.25) is 0 Å². The summed E-state index contributed by atoms with van der Waals surface area (Å²) in [5, 5.41) is 0.976. The van der Waals surface area contributed by atoms with E-state index in [1.165, 1.54) is 5.56 Å². The molecule has 0 radical (unpaired) electrons. The fourth-order valence-electron chi connectivity index (χ4n) is 4.47. The molecule has 6 heteroatoms. The van der Waals surface area contributed by atoms with Crippen molar-refractivity contribution in [2.24, 2.45) is 0 Å². The Morgan fingerprint density at radius 1 is 0.872 bits per heavy atom. The molecule has 6 nitrogen and oxygen atoms in total. The van der Waals surface area contributed by atoms with E-state index in [0.717, 1.165) is 34.2 Å². The van der Waals surface area contributed by atoms with E-state index in [4.69, 9.17) is 9.47 Å². The number of ether oxygens (including phenoxy) is 2. The van der Waals surface area contributed by atoms with E-state index in [1.54, 1.807) is 4.90 Å². The van der Waals surface area contributed by atoms with E-state index in [-0.39, 0.29) is 24.8 Å². The van der Waals surface area contributed by atoms with Crippen molar-refractivity contribution in [2.45, 2.75) is 58.8 Å². The lowest BCUT2D eigenvalue weighted by Crippen LogP contribution is -2.31. The number of benzene rings is 3. The van der Waals surface area contributed by atoms with Crippen molar-refractivity contribution in [3.05, 3.63) is 102 Å². The van der Waals surface area contributed by atoms with Crippen LogP contribution in [0.4, 0.5) is 0 Å². The lowest BCUT2D eigenvalue weighted by Gasteiger charge is -2.19. The van der Waals surface area contributed by atoms with Crippen LogP contribution < -0.4 is 4.74 Å². The minimum atomic E-state index is -0.527. The Kier molecular flexibility index (Phi) is 9.07. The average molecular weight is 527 g/mol. The van der Waals surface area contributed by atoms with Crippen molar-refractivity contribution in [3.8, 4) is 5.75 Å². The van der Waals surface area contributed by atoms with Crippen molar-refractivity contribution in [1.82, 2.24) is 9.47 Å². The van der Waals surface area contributed by atoms with Crippen LogP contribution in [-0.2, 0) is 40.3 Å². The molecule has 0 saturated carbocycles. The van der Waals surface area contributed by atoms with Crippen LogP contribution in [0.5, 0.6) is 5.75 Å². The maximum atomic E-state index is 13.1. The number of aromatic nitrogens is 1. The summed E-state index contributed by atoms with van der Waals surface area (Å²) in [5.74, 6) is 0.538. The molecule has 204 valence electrons. The first-order chi connectivity index (χ1) is 18.7. The Morgan fingerprint density at radius 2 is 1.54 bits per heavy atom. The molecule has 0 unspecified atom stereocenters. The van der Waals surface area contributed by atoms with Gasteiger partial charge in [-0.2, -0.15) is 0 Å². The van der Waals surface area contributed by atoms with E-state index in [0.29, 0.717) is 19.6 Å². The number of carbonyl (C=O) groups is 2. The quantitative estimate of drug-likeness (QED) is 0.219. The van der Waals surface area contributed by atoms with Gasteiger partial charge in [0.15, 0.2) is 0 Å². The smallest absolute Gasteiger partial charge is 0.306 e. The number of hydrogen-bond donors (Lipinski definition) is 0. The fraction of sp³-hybridized carbons (Fsp3) is 0.333. The van der Waals surface area contributed by atoms with Gasteiger partial charge in [0.05, 0.1) is 0 Å². The number of esters is 1. The Hall–Kier alpha value is -4.06. The molecule has 0 N–H and O–H groups in total. The number of fused-ring (bicyclic) bond motifs is 1. The van der Waals surface area contributed by atoms with Crippen LogP contribution >= 0.6 is 0 Å². The molecule has 1 aromatic heterocycles. The SMILES string of the molecule is CN(CCc1ccccc1)C(=O)Cn1cc(CCC(=O)OC(C)(C)C)c2cc(OCc3ccccc3)ccc21. The first kappa shape index (κ1) is 28.0. The highest BCUT2D eigenvalue weighted by atomic mass is 16.6. The number of hydrogen-bond acceptors (Lipinski definition) is 4. The lowest BCUT2D eigenvalue weighted by atomic mass is 10.1. The highest BCUT2D eigenvalue weighted by molar-refractivity contribution is 5.88. The van der Waals surface area contributed by atoms with Gasteiger partial charge in [0, 0.05) is 37.1 Å². The molecule has 0 fully saturated rings. The van der Waals surface area contributed by atoms with Gasteiger partial charge in [-0.1, -0.05) is 60.7 Å². The molecule has 4 rings (SSSR count). The largest absolute Gasteiger partial charge is 0.489 e. The van der Waals surface area contributed by atoms with Crippen LogP contribution in [0, 0.1) is 0 Å². The van der Waals surface area contributed by atoms with E-state index < -0.39 is 5.60 Å². The van der Waals surface area contributed by atoms with Crippen molar-refractivity contribution in [3.63, 3.8) is 0 Å². The van der Waals surface area contributed by atoms with Gasteiger partial charge in [-0.05, 0) is 68.5 Å². The molecular formula is C33H38N2O4. The van der Waals surface area contributed by atoms with Crippen LogP contribution in [0.15, 0.2) is 85.1 Å². The number of carbonyl (C=O) groups excluding carboxylic acids is 2. The summed E-state index contributed by atoms with van der Waals surface area (Å²) < 4.78 is 13.6. The second-order valence-electron chi connectivity index (χ2n) is 10.9. The third kappa shape index (κ3) is 8.21. The molecule has 0 aliphatic heterocycles. The molecule has 0 aliphatic carbocycles. The van der Waals surface area contributed by atoms with Crippen molar-refractivity contribution in [2.75, 3.05) is 13.6 Å². The molecule has 0 aliphatic rings. The van der Waals surface area contributed by atoms with Gasteiger partial charge in [-0.25, -0.2) is 0 Å². The molecular weight excluding hydrogens is 488 g/mol. The maximum absolute atomic E-state index is 13.1. The molecule has 39 heavy (non-hydrogen) atoms. The van der Waals surface area contributed by atoms with Gasteiger partial charge < -0.3 is 18.9 Å². The molecule has 4 aromatic rings. The van der Waals surface area contributed by atoms with Crippen molar-refractivity contribution in [1.29, 1.82) is 0 Å². The summed E-state index contributed by atoms with van der Waals surface area (Å²) >= 11 is 0. The third-order valence-corrected chi connectivity index (χ3v) is 6.51. The summed E-state index contributed by atoms with van der Waals surface area (Å²) in [7, 11) is 1.84. The van der Waals surface area contributed by atoms with E-state index in [2.05, 4.69) is 12.1 Å². The van der Waals surface area contributed by atoms with Gasteiger partial charge in [0.25, 0.3) is 0 Å². The van der Waals surface area contributed by atoms with Crippen molar-refractivity contribution >= 4 is 22.8 Å². The second-order valence-corrected chi connectivity index (χ2v) is 10.9. The Bertz CT molecular complexity index is 1390. The van der Waals surface area contributed by atoms with Gasteiger partial charge >= 0.3 is 5.97 Å². The summed E-state index contributed by atoms with van der Waals surface area (Å²) in [4.78, 5) is 27.4. The van der Waals surface area contributed by atoms with Crippen molar-refractivity contribution < 1.29 is 19.1 Å². The van der Waals surface area contributed by atoms with E-state index in [9.17, 15) is 9.59 Å². The lowest BCUT2D eigenvalue weighted by molar-refractivity contribution is -0.154. The Labute approximate surface area is 231 Å². The summed E-state index contributed by atoms with van der Waals surface area (Å²) in [6.45, 7) is 6.93. The number of nitrogens with zero attached hydrogens (tertiary/aromatic N) is 2. The highest BCUT2D eigenvalue weighted by Gasteiger charge is 2.19. The molecule has 0 saturated heterocycles. The molecule has 3 aromatic carbocycles. The standard InChI is InChI=1S/C33H38N2O4/c1-33(2,3)39-32(37)18-15-27-22-35(23-31(36)34(4)20-19-25-11-7-5-8-12-25)30-17-16-28(21-29(27)30)38-24-26-13-9-6-10-14-26/h5-14,16-17,21-22H,15,18-20,23-24H2,1-4H3. The summed E-state index contributed by atoms with van der Waals surface area (Å²) in [5.41, 5.74) is 3.69. The van der Waals surface area contributed by atoms with Gasteiger partial charge in [-0.3, -0.25) is 9.59 Å². The van der Waals surface area contributed by atoms with Gasteiger partial charge in [-0.15, -0.1) is 0 Å². The summed E-state index contributed by atoms with van der Waals surface area (Å²) in [6.07, 6.45) is 3.56. The van der Waals surface area contributed by atoms with Crippen LogP contribution in [0.1, 0.15) is 43.9 Å². The predicted molar refractivity (Wildman–Crippen MR) is 155 cm³/mol. The zero-order chi connectivity index (χ0) is 27.8. The molecule has 1 heterocycles. The Balaban J connectivity index is 1.51. The Morgan fingerprint density at radius 3 is 2.21 bits per heavy atom. The number of likely N-dealkylation sites (N-methyl/N-ethyl adjacent to an activating group) is 1. The number of rotatable bonds is 11. The van der Waals surface area contributed by atoms with E-state index in [1.807, 2.05) is 105 Å². The van der Waals surface area contributed by atoms with Crippen LogP contribution in [0.25, 0.3) is 10.9 Å². The fourth-order valence-corrected chi connectivity index (χ4v) is 4.47. The summed E-state index contributed by atoms with van der Waals surface area (Å²) in [6, 6.07) is 26.1. The molecule has 0 bridgehead atoms. The van der Waals surface area contributed by atoms with Gasteiger partial charge in [0.2, 0.25) is 5.91 Å². The number of aryl methyl sites for hydroxylation is 1. The zero-order valence-electron chi connectivity index (χ0n) is 23.4. The molecule has 0 atom stereocenters. The minimum Gasteiger partial charge on any atom is -0.489 e. The van der Waals surface area contributed by atoms with Crippen LogP contribution in [0.3, 0.4) is 0 Å². The third-order valence-electron chi connectivity index (χ3n) is 6.51. The average Bonchev–Trinajstić information content (AvgIpc) is 3.26. The number of amides is 1. The monoisotopic (exact) mass is 526 g/mol. The van der Waals surface area contributed by atoms with E-state index >= 15 is 0 Å². The minimum absolute atomic E-state index is 0.0333. The first-order valence-corrected chi connectivity index (χ1v) is 13.5.